The molecule has 6 rings (SSSR count). The van der Waals surface area contributed by atoms with Gasteiger partial charge in [0.25, 0.3) is 0 Å². The Hall–Kier alpha value is -3.96. The number of nitrogens with zero attached hydrogens (tertiary/aromatic N) is 7. The van der Waals surface area contributed by atoms with Crippen molar-refractivity contribution in [1.82, 2.24) is 29.4 Å². The van der Waals surface area contributed by atoms with Gasteiger partial charge in [0.05, 0.1) is 30.9 Å². The third-order valence-electron chi connectivity index (χ3n) is 6.85. The van der Waals surface area contributed by atoms with E-state index in [-0.39, 0.29) is 12.3 Å². The molecule has 3 aromatic heterocycles. The molecule has 1 N–H and O–H groups in total. The minimum Gasteiger partial charge on any atom is -0.444 e. The molecule has 5 heterocycles. The summed E-state index contributed by atoms with van der Waals surface area (Å²) < 4.78 is 21.3. The quantitative estimate of drug-likeness (QED) is 0.574. The van der Waals surface area contributed by atoms with Crippen LogP contribution in [0.2, 0.25) is 0 Å². The molecule has 3 aliphatic rings. The lowest BCUT2D eigenvalue weighted by atomic mass is 10.1. The third kappa shape index (κ3) is 4.38. The van der Waals surface area contributed by atoms with E-state index in [9.17, 15) is 14.0 Å². The van der Waals surface area contributed by atoms with Crippen LogP contribution in [-0.2, 0) is 9.53 Å². The smallest absolute Gasteiger partial charge is 0.410 e. The van der Waals surface area contributed by atoms with Crippen LogP contribution in [0.4, 0.5) is 20.8 Å². The van der Waals surface area contributed by atoms with Crippen LogP contribution in [0.3, 0.4) is 0 Å². The van der Waals surface area contributed by atoms with Crippen LogP contribution in [0.5, 0.6) is 0 Å². The molecular formula is C24H27FN8O3. The Morgan fingerprint density at radius 1 is 1.17 bits per heavy atom. The number of amides is 2. The summed E-state index contributed by atoms with van der Waals surface area (Å²) in [6.45, 7) is 2.57. The molecule has 2 amide bonds. The minimum atomic E-state index is -0.418. The van der Waals surface area contributed by atoms with Crippen LogP contribution < -0.4 is 10.2 Å². The van der Waals surface area contributed by atoms with Gasteiger partial charge in [-0.3, -0.25) is 4.79 Å². The molecule has 3 aromatic rings. The molecule has 2 saturated heterocycles. The minimum absolute atomic E-state index is 0.0113. The first-order chi connectivity index (χ1) is 17.4. The van der Waals surface area contributed by atoms with E-state index < -0.39 is 18.0 Å². The number of nitrogens with one attached hydrogen (secondary N) is 1. The molecule has 0 unspecified atom stereocenters. The summed E-state index contributed by atoms with van der Waals surface area (Å²) in [5.41, 5.74) is 1.94. The lowest BCUT2D eigenvalue weighted by molar-refractivity contribution is -0.126. The Morgan fingerprint density at radius 3 is 2.69 bits per heavy atom. The van der Waals surface area contributed by atoms with Gasteiger partial charge in [0.2, 0.25) is 5.91 Å². The van der Waals surface area contributed by atoms with E-state index in [4.69, 9.17) is 9.72 Å². The maximum absolute atomic E-state index is 14.1. The largest absolute Gasteiger partial charge is 0.444 e. The molecule has 1 atom stereocenters. The Bertz CT molecular complexity index is 1320. The third-order valence-corrected chi connectivity index (χ3v) is 6.85. The highest BCUT2D eigenvalue weighted by Gasteiger charge is 2.32. The zero-order chi connectivity index (χ0) is 24.8. The van der Waals surface area contributed by atoms with Gasteiger partial charge < -0.3 is 24.8 Å². The Morgan fingerprint density at radius 2 is 1.97 bits per heavy atom. The SMILES string of the molecule is CN1C[C@H](OC(=O)N2CCN(c3ccn4ncc(-c5cc(F)cnc5NC5CC5)c4n3)CC2)CC1=O. The number of rotatable bonds is 5. The van der Waals surface area contributed by atoms with Crippen LogP contribution in [0, 0.1) is 5.82 Å². The first kappa shape index (κ1) is 22.5. The van der Waals surface area contributed by atoms with E-state index in [0.717, 1.165) is 18.7 Å². The maximum atomic E-state index is 14.1. The predicted octanol–water partition coefficient (Wildman–Crippen LogP) is 1.99. The van der Waals surface area contributed by atoms with E-state index >= 15 is 0 Å². The highest BCUT2D eigenvalue weighted by molar-refractivity contribution is 5.85. The average molecular weight is 495 g/mol. The van der Waals surface area contributed by atoms with Gasteiger partial charge >= 0.3 is 6.09 Å². The fourth-order valence-corrected chi connectivity index (χ4v) is 4.64. The van der Waals surface area contributed by atoms with Gasteiger partial charge in [-0.1, -0.05) is 0 Å². The maximum Gasteiger partial charge on any atom is 0.410 e. The summed E-state index contributed by atoms with van der Waals surface area (Å²) in [5.74, 6) is 0.950. The van der Waals surface area contributed by atoms with Crippen molar-refractivity contribution in [3.05, 3.63) is 36.5 Å². The zero-order valence-corrected chi connectivity index (χ0v) is 19.9. The molecule has 12 heteroatoms. The molecule has 0 spiro atoms. The van der Waals surface area contributed by atoms with E-state index in [1.807, 2.05) is 12.3 Å². The van der Waals surface area contributed by atoms with Crippen LogP contribution in [0.25, 0.3) is 16.8 Å². The van der Waals surface area contributed by atoms with Crippen LogP contribution in [0.1, 0.15) is 19.3 Å². The summed E-state index contributed by atoms with van der Waals surface area (Å²) in [4.78, 5) is 38.7. The molecule has 188 valence electrons. The summed E-state index contributed by atoms with van der Waals surface area (Å²) in [6, 6.07) is 3.71. The number of hydrogen-bond acceptors (Lipinski definition) is 8. The first-order valence-corrected chi connectivity index (χ1v) is 12.2. The van der Waals surface area contributed by atoms with Gasteiger partial charge in [-0.15, -0.1) is 0 Å². The van der Waals surface area contributed by atoms with Crippen molar-refractivity contribution >= 4 is 29.3 Å². The van der Waals surface area contributed by atoms with Gasteiger partial charge in [-0.05, 0) is 25.0 Å². The number of piperazine rings is 1. The highest BCUT2D eigenvalue weighted by atomic mass is 19.1. The summed E-state index contributed by atoms with van der Waals surface area (Å²) in [5, 5.41) is 7.77. The van der Waals surface area contributed by atoms with Gasteiger partial charge in [0, 0.05) is 51.0 Å². The molecule has 0 aromatic carbocycles. The normalized spacial score (nSPS) is 20.3. The molecule has 11 nitrogen and oxygen atoms in total. The number of likely N-dealkylation sites (tertiary alicyclic amines) is 1. The number of fused-ring (bicyclic) bond motifs is 1. The molecular weight excluding hydrogens is 467 g/mol. The van der Waals surface area contributed by atoms with Crippen molar-refractivity contribution in [2.45, 2.75) is 31.4 Å². The van der Waals surface area contributed by atoms with Gasteiger partial charge in [-0.2, -0.15) is 5.10 Å². The van der Waals surface area contributed by atoms with Crippen molar-refractivity contribution < 1.29 is 18.7 Å². The fourth-order valence-electron chi connectivity index (χ4n) is 4.64. The molecule has 1 saturated carbocycles. The average Bonchev–Trinajstić information content (AvgIpc) is 3.51. The van der Waals surface area contributed by atoms with Crippen LogP contribution >= 0.6 is 0 Å². The molecule has 36 heavy (non-hydrogen) atoms. The van der Waals surface area contributed by atoms with E-state index in [1.165, 1.54) is 12.3 Å². The number of anilines is 2. The van der Waals surface area contributed by atoms with Crippen molar-refractivity contribution in [2.75, 3.05) is 50.0 Å². The Kier molecular flexibility index (Phi) is 5.57. The van der Waals surface area contributed by atoms with Crippen molar-refractivity contribution in [3.63, 3.8) is 0 Å². The number of aromatic nitrogens is 4. The number of halogens is 1. The lowest BCUT2D eigenvalue weighted by Crippen LogP contribution is -2.49. The van der Waals surface area contributed by atoms with E-state index in [1.54, 1.807) is 27.6 Å². The van der Waals surface area contributed by atoms with Gasteiger partial charge in [-0.25, -0.2) is 23.7 Å². The number of ether oxygens (including phenoxy) is 1. The first-order valence-electron chi connectivity index (χ1n) is 12.2. The Balaban J connectivity index is 1.17. The van der Waals surface area contributed by atoms with E-state index in [0.29, 0.717) is 61.4 Å². The summed E-state index contributed by atoms with van der Waals surface area (Å²) >= 11 is 0. The second-order valence-corrected chi connectivity index (χ2v) is 9.54. The second kappa shape index (κ2) is 8.92. The topological polar surface area (TPSA) is 108 Å². The number of carbonyl (C=O) groups is 2. The number of pyridine rings is 1. The molecule has 0 radical (unpaired) electrons. The fraction of sp³-hybridized carbons (Fsp3) is 0.458. The predicted molar refractivity (Wildman–Crippen MR) is 129 cm³/mol. The molecule has 3 fully saturated rings. The second-order valence-electron chi connectivity index (χ2n) is 9.54. The number of likely N-dealkylation sites (N-methyl/N-ethyl adjacent to an activating group) is 1. The monoisotopic (exact) mass is 494 g/mol. The Labute approximate surface area is 206 Å². The highest BCUT2D eigenvalue weighted by Crippen LogP contribution is 2.33. The zero-order valence-electron chi connectivity index (χ0n) is 19.9. The molecule has 0 bridgehead atoms. The van der Waals surface area contributed by atoms with Gasteiger partial charge in [0.1, 0.15) is 23.6 Å². The lowest BCUT2D eigenvalue weighted by Gasteiger charge is -2.35. The number of hydrogen-bond donors (Lipinski definition) is 1. The van der Waals surface area contributed by atoms with Gasteiger partial charge in [0.15, 0.2) is 5.65 Å². The van der Waals surface area contributed by atoms with Crippen molar-refractivity contribution in [3.8, 4) is 11.1 Å². The van der Waals surface area contributed by atoms with Crippen LogP contribution in [-0.4, -0.2) is 93.3 Å². The van der Waals surface area contributed by atoms with Crippen LogP contribution in [0.15, 0.2) is 30.7 Å². The van der Waals surface area contributed by atoms with E-state index in [2.05, 4.69) is 20.3 Å². The standard InChI is InChI=1S/C24H27FN8O3/c1-30-14-17(11-21(30)34)36-24(35)32-8-6-31(7-9-32)20-4-5-33-23(29-20)19(13-27-33)18-10-15(25)12-26-22(18)28-16-2-3-16/h4-5,10,12-13,16-17H,2-3,6-9,11,14H2,1H3,(H,26,28)/t17-/m1/s1. The van der Waals surface area contributed by atoms with Crippen molar-refractivity contribution in [2.24, 2.45) is 0 Å². The molecule has 1 aliphatic carbocycles. The molecule has 2 aliphatic heterocycles. The number of carbonyl (C=O) groups excluding carboxylic acids is 2. The summed E-state index contributed by atoms with van der Waals surface area (Å²) in [6.07, 6.45) is 6.32. The summed E-state index contributed by atoms with van der Waals surface area (Å²) in [7, 11) is 1.71. The van der Waals surface area contributed by atoms with Crippen molar-refractivity contribution in [1.29, 1.82) is 0 Å².